The molecule has 0 N–H and O–H groups in total. The number of hydrogen-bond acceptors (Lipinski definition) is 0. The summed E-state index contributed by atoms with van der Waals surface area (Å²) in [6.07, 6.45) is 2.11. The van der Waals surface area contributed by atoms with Crippen LogP contribution in [0.15, 0.2) is 54.7 Å². The van der Waals surface area contributed by atoms with Crippen LogP contribution in [0, 0.1) is 0 Å². The van der Waals surface area contributed by atoms with Gasteiger partial charge >= 0.3 is 0 Å². The van der Waals surface area contributed by atoms with Gasteiger partial charge in [-0.05, 0) is 0 Å². The first-order valence-corrected chi connectivity index (χ1v) is 6.09. The fourth-order valence-electron chi connectivity index (χ4n) is 1.57. The molecule has 1 aromatic heterocycles. The van der Waals surface area contributed by atoms with Crippen LogP contribution in [0.1, 0.15) is 11.3 Å². The van der Waals surface area contributed by atoms with E-state index in [1.54, 1.807) is 0 Å². The van der Waals surface area contributed by atoms with Crippen LogP contribution >= 0.6 is 15.9 Å². The fraction of sp³-hybridized carbons (Fsp3) is 0.154. The Hall–Kier alpha value is -1.15. The Morgan fingerprint density at radius 1 is 0.933 bits per heavy atom. The molecule has 0 bridgehead atoms. The molecule has 0 aliphatic carbocycles. The third-order valence-corrected chi connectivity index (χ3v) is 2.94. The van der Waals surface area contributed by atoms with Crippen LogP contribution < -0.4 is 4.57 Å². The van der Waals surface area contributed by atoms with Crippen molar-refractivity contribution in [3.63, 3.8) is 0 Å². The molecule has 0 aliphatic rings. The zero-order chi connectivity index (χ0) is 10.5. The molecule has 1 nitrogen and oxygen atoms in total. The average Bonchev–Trinajstić information content (AvgIpc) is 2.31. The van der Waals surface area contributed by atoms with Crippen LogP contribution in [-0.4, -0.2) is 0 Å². The standard InChI is InChI=1S/C13H13BrN/c14-10-13-8-4-5-9-15(13)11-12-6-2-1-3-7-12/h1-9H,10-11H2/q+1. The maximum atomic E-state index is 3.50. The summed E-state index contributed by atoms with van der Waals surface area (Å²) in [6, 6.07) is 16.8. The van der Waals surface area contributed by atoms with E-state index in [4.69, 9.17) is 0 Å². The zero-order valence-electron chi connectivity index (χ0n) is 8.44. The highest BCUT2D eigenvalue weighted by atomic mass is 79.9. The van der Waals surface area contributed by atoms with Crippen molar-refractivity contribution < 1.29 is 4.57 Å². The van der Waals surface area contributed by atoms with Crippen LogP contribution in [-0.2, 0) is 11.9 Å². The van der Waals surface area contributed by atoms with Crippen molar-refractivity contribution in [3.05, 3.63) is 66.0 Å². The first-order chi connectivity index (χ1) is 7.40. The number of aromatic nitrogens is 1. The summed E-state index contributed by atoms with van der Waals surface area (Å²) in [5.74, 6) is 0. The summed E-state index contributed by atoms with van der Waals surface area (Å²) in [4.78, 5) is 0. The lowest BCUT2D eigenvalue weighted by atomic mass is 10.2. The van der Waals surface area contributed by atoms with Gasteiger partial charge in [0.2, 0.25) is 0 Å². The Morgan fingerprint density at radius 2 is 1.67 bits per heavy atom. The summed E-state index contributed by atoms with van der Waals surface area (Å²) in [5.41, 5.74) is 2.62. The molecule has 2 aromatic rings. The smallest absolute Gasteiger partial charge is 0.192 e. The summed E-state index contributed by atoms with van der Waals surface area (Å²) in [5, 5.41) is 0.890. The van der Waals surface area contributed by atoms with Crippen LogP contribution in [0.2, 0.25) is 0 Å². The first kappa shape index (κ1) is 10.4. The number of nitrogens with zero attached hydrogens (tertiary/aromatic N) is 1. The predicted molar refractivity (Wildman–Crippen MR) is 64.8 cm³/mol. The molecule has 0 saturated carbocycles. The minimum atomic E-state index is 0.890. The van der Waals surface area contributed by atoms with E-state index in [1.807, 2.05) is 6.07 Å². The maximum absolute atomic E-state index is 3.50. The predicted octanol–water partition coefficient (Wildman–Crippen LogP) is 2.92. The van der Waals surface area contributed by atoms with Gasteiger partial charge in [0.15, 0.2) is 18.4 Å². The molecule has 2 rings (SSSR count). The van der Waals surface area contributed by atoms with Crippen molar-refractivity contribution in [1.82, 2.24) is 0 Å². The minimum absolute atomic E-state index is 0.890. The number of halogens is 1. The number of hydrogen-bond donors (Lipinski definition) is 0. The van der Waals surface area contributed by atoms with Gasteiger partial charge in [0.25, 0.3) is 0 Å². The molecule has 0 fully saturated rings. The lowest BCUT2D eigenvalue weighted by molar-refractivity contribution is -0.694. The van der Waals surface area contributed by atoms with Gasteiger partial charge in [0.1, 0.15) is 0 Å². The van der Waals surface area contributed by atoms with E-state index in [0.29, 0.717) is 0 Å². The van der Waals surface area contributed by atoms with Gasteiger partial charge in [-0.3, -0.25) is 0 Å². The molecule has 0 unspecified atom stereocenters. The molecule has 0 aliphatic heterocycles. The lowest BCUT2D eigenvalue weighted by Gasteiger charge is -2.01. The summed E-state index contributed by atoms with van der Waals surface area (Å²) in [7, 11) is 0. The van der Waals surface area contributed by atoms with E-state index < -0.39 is 0 Å². The molecular weight excluding hydrogens is 250 g/mol. The third kappa shape index (κ3) is 2.66. The normalized spacial score (nSPS) is 10.2. The summed E-state index contributed by atoms with van der Waals surface area (Å²) in [6.45, 7) is 0.933. The Bertz CT molecular complexity index is 426. The van der Waals surface area contributed by atoms with Crippen LogP contribution in [0.3, 0.4) is 0 Å². The largest absolute Gasteiger partial charge is 0.197 e. The third-order valence-electron chi connectivity index (χ3n) is 2.37. The van der Waals surface area contributed by atoms with E-state index in [0.717, 1.165) is 11.9 Å². The molecule has 15 heavy (non-hydrogen) atoms. The summed E-state index contributed by atoms with van der Waals surface area (Å²) >= 11 is 3.50. The molecule has 2 heteroatoms. The molecule has 1 heterocycles. The van der Waals surface area contributed by atoms with Gasteiger partial charge in [-0.15, -0.1) is 0 Å². The van der Waals surface area contributed by atoms with Crippen molar-refractivity contribution in [1.29, 1.82) is 0 Å². The fourth-order valence-corrected chi connectivity index (χ4v) is 2.08. The Labute approximate surface area is 98.5 Å². The monoisotopic (exact) mass is 262 g/mol. The number of pyridine rings is 1. The quantitative estimate of drug-likeness (QED) is 0.592. The summed E-state index contributed by atoms with van der Waals surface area (Å²) < 4.78 is 2.25. The van der Waals surface area contributed by atoms with Gasteiger partial charge in [0.05, 0.1) is 5.33 Å². The zero-order valence-corrected chi connectivity index (χ0v) is 10.0. The van der Waals surface area contributed by atoms with Crippen LogP contribution in [0.4, 0.5) is 0 Å². The van der Waals surface area contributed by atoms with E-state index >= 15 is 0 Å². The van der Waals surface area contributed by atoms with E-state index in [2.05, 4.69) is 69.2 Å². The van der Waals surface area contributed by atoms with Gasteiger partial charge in [-0.2, -0.15) is 4.57 Å². The SMILES string of the molecule is BrCc1cccc[n+]1Cc1ccccc1. The lowest BCUT2D eigenvalue weighted by Crippen LogP contribution is -2.37. The number of benzene rings is 1. The highest BCUT2D eigenvalue weighted by molar-refractivity contribution is 9.08. The van der Waals surface area contributed by atoms with Gasteiger partial charge in [-0.25, -0.2) is 0 Å². The highest BCUT2D eigenvalue weighted by Crippen LogP contribution is 2.02. The Morgan fingerprint density at radius 3 is 2.40 bits per heavy atom. The first-order valence-electron chi connectivity index (χ1n) is 4.97. The van der Waals surface area contributed by atoms with E-state index in [-0.39, 0.29) is 0 Å². The van der Waals surface area contributed by atoms with Crippen molar-refractivity contribution in [2.75, 3.05) is 0 Å². The van der Waals surface area contributed by atoms with E-state index in [1.165, 1.54) is 11.3 Å². The average molecular weight is 263 g/mol. The topological polar surface area (TPSA) is 3.88 Å². The molecule has 0 atom stereocenters. The molecule has 0 saturated heterocycles. The second kappa shape index (κ2) is 5.08. The molecule has 0 spiro atoms. The van der Waals surface area contributed by atoms with Crippen molar-refractivity contribution in [3.8, 4) is 0 Å². The number of alkyl halides is 1. The van der Waals surface area contributed by atoms with E-state index in [9.17, 15) is 0 Å². The van der Waals surface area contributed by atoms with Crippen molar-refractivity contribution in [2.45, 2.75) is 11.9 Å². The molecule has 0 radical (unpaired) electrons. The van der Waals surface area contributed by atoms with Crippen LogP contribution in [0.25, 0.3) is 0 Å². The highest BCUT2D eigenvalue weighted by Gasteiger charge is 2.07. The molecule has 0 amide bonds. The minimum Gasteiger partial charge on any atom is -0.197 e. The Kier molecular flexibility index (Phi) is 3.51. The Balaban J connectivity index is 2.24. The van der Waals surface area contributed by atoms with Gasteiger partial charge in [-0.1, -0.05) is 52.3 Å². The second-order valence-electron chi connectivity index (χ2n) is 3.44. The van der Waals surface area contributed by atoms with Gasteiger partial charge < -0.3 is 0 Å². The van der Waals surface area contributed by atoms with Crippen molar-refractivity contribution in [2.24, 2.45) is 0 Å². The van der Waals surface area contributed by atoms with Crippen molar-refractivity contribution >= 4 is 15.9 Å². The molecular formula is C13H13BrN+. The molecule has 76 valence electrons. The maximum Gasteiger partial charge on any atom is 0.192 e. The molecule has 1 aromatic carbocycles. The van der Waals surface area contributed by atoms with Gasteiger partial charge in [0, 0.05) is 17.7 Å². The second-order valence-corrected chi connectivity index (χ2v) is 4.00. The van der Waals surface area contributed by atoms with Crippen LogP contribution in [0.5, 0.6) is 0 Å². The number of rotatable bonds is 3.